The fourth-order valence-electron chi connectivity index (χ4n) is 1.72. The second-order valence-corrected chi connectivity index (χ2v) is 5.48. The van der Waals surface area contributed by atoms with E-state index in [9.17, 15) is 4.79 Å². The van der Waals surface area contributed by atoms with Crippen LogP contribution in [0.3, 0.4) is 0 Å². The summed E-state index contributed by atoms with van der Waals surface area (Å²) in [7, 11) is 0. The molecule has 1 aromatic heterocycles. The highest BCUT2D eigenvalue weighted by molar-refractivity contribution is 7.15. The maximum Gasteiger partial charge on any atom is 0.340 e. The summed E-state index contributed by atoms with van der Waals surface area (Å²) in [4.78, 5) is 17.5. The zero-order chi connectivity index (χ0) is 14.7. The van der Waals surface area contributed by atoms with Gasteiger partial charge in [0, 0.05) is 4.88 Å². The van der Waals surface area contributed by atoms with Crippen molar-refractivity contribution in [1.82, 2.24) is 4.98 Å². The number of rotatable bonds is 4. The van der Waals surface area contributed by atoms with Crippen LogP contribution < -0.4 is 11.1 Å². The number of anilines is 3. The predicted octanol–water partition coefficient (Wildman–Crippen LogP) is 3.26. The van der Waals surface area contributed by atoms with Crippen LogP contribution in [-0.2, 0) is 4.74 Å². The molecular weight excluding hydrogens is 274 g/mol. The monoisotopic (exact) mass is 291 g/mol. The van der Waals surface area contributed by atoms with E-state index < -0.39 is 5.97 Å². The topological polar surface area (TPSA) is 77.2 Å². The molecule has 2 rings (SSSR count). The van der Waals surface area contributed by atoms with Gasteiger partial charge in [-0.25, -0.2) is 9.78 Å². The Bertz CT molecular complexity index is 618. The van der Waals surface area contributed by atoms with Gasteiger partial charge in [-0.1, -0.05) is 6.07 Å². The number of carbonyl (C=O) groups is 1. The Hall–Kier alpha value is -2.08. The zero-order valence-electron chi connectivity index (χ0n) is 11.7. The molecular formula is C14H17N3O2S. The normalized spacial score (nSPS) is 10.3. The van der Waals surface area contributed by atoms with Crippen LogP contribution >= 0.6 is 11.3 Å². The van der Waals surface area contributed by atoms with Crippen LogP contribution in [0.15, 0.2) is 18.2 Å². The first kappa shape index (κ1) is 14.3. The van der Waals surface area contributed by atoms with Crippen molar-refractivity contribution in [3.05, 3.63) is 34.3 Å². The average Bonchev–Trinajstić information content (AvgIpc) is 2.71. The Morgan fingerprint density at radius 3 is 2.80 bits per heavy atom. The van der Waals surface area contributed by atoms with Crippen molar-refractivity contribution in [2.75, 3.05) is 17.7 Å². The Kier molecular flexibility index (Phi) is 4.24. The summed E-state index contributed by atoms with van der Waals surface area (Å²) in [6.07, 6.45) is 0. The molecule has 0 atom stereocenters. The SMILES string of the molecule is CCOC(=O)c1cccc(N)c1Nc1nc(C)c(C)s1. The molecule has 0 unspecified atom stereocenters. The van der Waals surface area contributed by atoms with Crippen LogP contribution in [0.1, 0.15) is 27.9 Å². The molecule has 0 aliphatic carbocycles. The summed E-state index contributed by atoms with van der Waals surface area (Å²) in [6, 6.07) is 5.15. The maximum atomic E-state index is 11.9. The minimum Gasteiger partial charge on any atom is -0.462 e. The van der Waals surface area contributed by atoms with Crippen molar-refractivity contribution in [2.24, 2.45) is 0 Å². The summed E-state index contributed by atoms with van der Waals surface area (Å²) in [5, 5.41) is 3.83. The number of esters is 1. The molecule has 20 heavy (non-hydrogen) atoms. The fraction of sp³-hybridized carbons (Fsp3) is 0.286. The number of nitrogens with one attached hydrogen (secondary N) is 1. The van der Waals surface area contributed by atoms with E-state index in [1.807, 2.05) is 13.8 Å². The van der Waals surface area contributed by atoms with Crippen LogP contribution in [-0.4, -0.2) is 17.6 Å². The molecule has 0 bridgehead atoms. The maximum absolute atomic E-state index is 11.9. The fourth-order valence-corrected chi connectivity index (χ4v) is 2.54. The second kappa shape index (κ2) is 5.92. The summed E-state index contributed by atoms with van der Waals surface area (Å²) in [5.41, 5.74) is 8.36. The average molecular weight is 291 g/mol. The van der Waals surface area contributed by atoms with E-state index in [-0.39, 0.29) is 0 Å². The third-order valence-corrected chi connectivity index (χ3v) is 3.84. The minimum atomic E-state index is -0.396. The molecule has 3 N–H and O–H groups in total. The molecule has 1 aromatic carbocycles. The van der Waals surface area contributed by atoms with Crippen LogP contribution in [0.25, 0.3) is 0 Å². The first-order valence-electron chi connectivity index (χ1n) is 6.29. The lowest BCUT2D eigenvalue weighted by Crippen LogP contribution is -2.09. The van der Waals surface area contributed by atoms with Gasteiger partial charge >= 0.3 is 5.97 Å². The Balaban J connectivity index is 2.37. The van der Waals surface area contributed by atoms with E-state index in [0.29, 0.717) is 28.7 Å². The standard InChI is InChI=1S/C14H17N3O2S/c1-4-19-13(18)10-6-5-7-11(15)12(10)17-14-16-8(2)9(3)20-14/h5-7H,4,15H2,1-3H3,(H,16,17). The highest BCUT2D eigenvalue weighted by Gasteiger charge is 2.16. The number of thiazole rings is 1. The van der Waals surface area contributed by atoms with Gasteiger partial charge in [0.2, 0.25) is 0 Å². The number of hydrogen-bond donors (Lipinski definition) is 2. The van der Waals surface area contributed by atoms with Gasteiger partial charge in [0.25, 0.3) is 0 Å². The van der Waals surface area contributed by atoms with Crippen molar-refractivity contribution in [1.29, 1.82) is 0 Å². The number of ether oxygens (including phenoxy) is 1. The summed E-state index contributed by atoms with van der Waals surface area (Å²) in [6.45, 7) is 6.03. The molecule has 5 nitrogen and oxygen atoms in total. The summed E-state index contributed by atoms with van der Waals surface area (Å²) < 4.78 is 5.04. The van der Waals surface area contributed by atoms with E-state index in [1.165, 1.54) is 11.3 Å². The third-order valence-electron chi connectivity index (χ3n) is 2.85. The van der Waals surface area contributed by atoms with Crippen molar-refractivity contribution in [3.63, 3.8) is 0 Å². The van der Waals surface area contributed by atoms with Crippen molar-refractivity contribution < 1.29 is 9.53 Å². The quantitative estimate of drug-likeness (QED) is 0.668. The number of nitrogens with two attached hydrogens (primary N) is 1. The molecule has 1 heterocycles. The van der Waals surface area contributed by atoms with Gasteiger partial charge in [0.1, 0.15) is 0 Å². The van der Waals surface area contributed by atoms with Crippen LogP contribution in [0.4, 0.5) is 16.5 Å². The summed E-state index contributed by atoms with van der Waals surface area (Å²) in [5.74, 6) is -0.396. The predicted molar refractivity (Wildman–Crippen MR) is 81.7 cm³/mol. The molecule has 0 saturated heterocycles. The van der Waals surface area contributed by atoms with E-state index in [4.69, 9.17) is 10.5 Å². The highest BCUT2D eigenvalue weighted by Crippen LogP contribution is 2.31. The first-order valence-corrected chi connectivity index (χ1v) is 7.11. The molecule has 0 amide bonds. The van der Waals surface area contributed by atoms with E-state index in [1.54, 1.807) is 25.1 Å². The molecule has 0 aliphatic heterocycles. The molecule has 106 valence electrons. The highest BCUT2D eigenvalue weighted by atomic mass is 32.1. The lowest BCUT2D eigenvalue weighted by molar-refractivity contribution is 0.0527. The molecule has 0 fully saturated rings. The van der Waals surface area contributed by atoms with Gasteiger partial charge in [-0.2, -0.15) is 0 Å². The van der Waals surface area contributed by atoms with E-state index >= 15 is 0 Å². The van der Waals surface area contributed by atoms with Gasteiger partial charge in [-0.05, 0) is 32.9 Å². The van der Waals surface area contributed by atoms with Gasteiger partial charge in [-0.3, -0.25) is 0 Å². The van der Waals surface area contributed by atoms with Crippen molar-refractivity contribution in [3.8, 4) is 0 Å². The minimum absolute atomic E-state index is 0.322. The number of carbonyl (C=O) groups excluding carboxylic acids is 1. The third kappa shape index (κ3) is 2.91. The number of benzene rings is 1. The molecule has 0 aliphatic rings. The molecule has 0 radical (unpaired) electrons. The Morgan fingerprint density at radius 2 is 2.20 bits per heavy atom. The molecule has 6 heteroatoms. The van der Waals surface area contributed by atoms with E-state index in [0.717, 1.165) is 10.6 Å². The number of aromatic nitrogens is 1. The number of nitrogen functional groups attached to an aromatic ring is 1. The van der Waals surface area contributed by atoms with E-state index in [2.05, 4.69) is 10.3 Å². The number of nitrogens with zero attached hydrogens (tertiary/aromatic N) is 1. The second-order valence-electron chi connectivity index (χ2n) is 4.28. The van der Waals surface area contributed by atoms with Crippen molar-refractivity contribution in [2.45, 2.75) is 20.8 Å². The number of aryl methyl sites for hydroxylation is 2. The van der Waals surface area contributed by atoms with Gasteiger partial charge in [0.05, 0.1) is 29.2 Å². The number of para-hydroxylation sites is 1. The van der Waals surface area contributed by atoms with Gasteiger partial charge < -0.3 is 15.8 Å². The van der Waals surface area contributed by atoms with Crippen LogP contribution in [0, 0.1) is 13.8 Å². The first-order chi connectivity index (χ1) is 9.52. The Labute approximate surface area is 121 Å². The lowest BCUT2D eigenvalue weighted by atomic mass is 10.1. The van der Waals surface area contributed by atoms with Gasteiger partial charge in [0.15, 0.2) is 5.13 Å². The lowest BCUT2D eigenvalue weighted by Gasteiger charge is -2.11. The van der Waals surface area contributed by atoms with Crippen LogP contribution in [0.2, 0.25) is 0 Å². The summed E-state index contributed by atoms with van der Waals surface area (Å²) >= 11 is 1.52. The molecule has 0 saturated carbocycles. The van der Waals surface area contributed by atoms with Gasteiger partial charge in [-0.15, -0.1) is 11.3 Å². The van der Waals surface area contributed by atoms with Crippen molar-refractivity contribution >= 4 is 33.8 Å². The Morgan fingerprint density at radius 1 is 1.45 bits per heavy atom. The molecule has 2 aromatic rings. The zero-order valence-corrected chi connectivity index (χ0v) is 12.5. The molecule has 0 spiro atoms. The van der Waals surface area contributed by atoms with Crippen LogP contribution in [0.5, 0.6) is 0 Å². The smallest absolute Gasteiger partial charge is 0.340 e. The number of hydrogen-bond acceptors (Lipinski definition) is 6. The largest absolute Gasteiger partial charge is 0.462 e.